The van der Waals surface area contributed by atoms with E-state index in [0.717, 1.165) is 22.0 Å². The third kappa shape index (κ3) is 3.47. The Kier molecular flexibility index (Phi) is 4.63. The number of allylic oxidation sites excluding steroid dienone is 1. The summed E-state index contributed by atoms with van der Waals surface area (Å²) in [5.74, 6) is 0.616. The van der Waals surface area contributed by atoms with Gasteiger partial charge in [0.1, 0.15) is 10.9 Å². The zero-order valence-electron chi connectivity index (χ0n) is 13.4. The molecule has 0 aliphatic rings. The Hall–Kier alpha value is -2.65. The van der Waals surface area contributed by atoms with Crippen LogP contribution in [0.25, 0.3) is 17.0 Å². The lowest BCUT2D eigenvalue weighted by molar-refractivity contribution is 0.104. The van der Waals surface area contributed by atoms with Gasteiger partial charge in [-0.1, -0.05) is 23.2 Å². The van der Waals surface area contributed by atoms with Gasteiger partial charge in [-0.3, -0.25) is 4.79 Å². The number of aromatic nitrogens is 1. The maximum absolute atomic E-state index is 12.3. The number of rotatable bonds is 4. The summed E-state index contributed by atoms with van der Waals surface area (Å²) in [5.41, 5.74) is 3.30. The fraction of sp³-hybridized carbons (Fsp3) is 0.100. The van der Waals surface area contributed by atoms with Crippen LogP contribution in [-0.4, -0.2) is 17.9 Å². The molecule has 3 aromatic rings. The van der Waals surface area contributed by atoms with Crippen molar-refractivity contribution in [2.24, 2.45) is 0 Å². The molecule has 0 bridgehead atoms. The van der Waals surface area contributed by atoms with Gasteiger partial charge >= 0.3 is 0 Å². The lowest BCUT2D eigenvalue weighted by atomic mass is 10.1. The topological polar surface area (TPSA) is 39.2 Å². The lowest BCUT2D eigenvalue weighted by Crippen LogP contribution is -1.94. The molecule has 0 atom stereocenters. The highest BCUT2D eigenvalue weighted by atomic mass is 35.5. The summed E-state index contributed by atoms with van der Waals surface area (Å²) in [6.45, 7) is 2.02. The summed E-state index contributed by atoms with van der Waals surface area (Å²) >= 11 is 6.22. The highest BCUT2D eigenvalue weighted by molar-refractivity contribution is 6.31. The number of benzene rings is 2. The monoisotopic (exact) mass is 337 g/mol. The van der Waals surface area contributed by atoms with Crippen LogP contribution in [0.5, 0.6) is 5.75 Å². The normalized spacial score (nSPS) is 11.1. The summed E-state index contributed by atoms with van der Waals surface area (Å²) < 4.78 is 5.09. The number of carbonyl (C=O) groups is 1. The quantitative estimate of drug-likeness (QED) is 0.377. The average Bonchev–Trinajstić information content (AvgIpc) is 2.60. The van der Waals surface area contributed by atoms with E-state index in [1.165, 1.54) is 6.08 Å². The number of pyridine rings is 1. The fourth-order valence-electron chi connectivity index (χ4n) is 2.42. The SMILES string of the molecule is COc1ccc(C(=O)/C=C\c2cc3cc(C)ccc3nc2Cl)cc1. The van der Waals surface area contributed by atoms with Crippen LogP contribution >= 0.6 is 11.6 Å². The minimum absolute atomic E-state index is 0.0990. The first-order valence-electron chi connectivity index (χ1n) is 7.50. The van der Waals surface area contributed by atoms with Crippen molar-refractivity contribution in [2.45, 2.75) is 6.92 Å². The van der Waals surface area contributed by atoms with Crippen LogP contribution in [0.3, 0.4) is 0 Å². The standard InChI is InChI=1S/C20H16ClNO2/c1-13-3-9-18-16(11-13)12-15(20(21)22-18)6-10-19(23)14-4-7-17(24-2)8-5-14/h3-12H,1-2H3/b10-6-. The average molecular weight is 338 g/mol. The van der Waals surface area contributed by atoms with E-state index >= 15 is 0 Å². The molecular weight excluding hydrogens is 322 g/mol. The van der Waals surface area contributed by atoms with E-state index in [0.29, 0.717) is 16.5 Å². The Morgan fingerprint density at radius 2 is 1.88 bits per heavy atom. The van der Waals surface area contributed by atoms with E-state index in [2.05, 4.69) is 4.98 Å². The maximum Gasteiger partial charge on any atom is 0.185 e. The van der Waals surface area contributed by atoms with Gasteiger partial charge in [0.05, 0.1) is 12.6 Å². The first-order valence-corrected chi connectivity index (χ1v) is 7.88. The van der Waals surface area contributed by atoms with Crippen LogP contribution in [0.1, 0.15) is 21.5 Å². The lowest BCUT2D eigenvalue weighted by Gasteiger charge is -2.03. The van der Waals surface area contributed by atoms with Crippen molar-refractivity contribution in [2.75, 3.05) is 7.11 Å². The van der Waals surface area contributed by atoms with Crippen LogP contribution in [0.4, 0.5) is 0 Å². The number of halogens is 1. The molecule has 0 N–H and O–H groups in total. The van der Waals surface area contributed by atoms with E-state index in [9.17, 15) is 4.79 Å². The molecule has 0 amide bonds. The third-order valence-electron chi connectivity index (χ3n) is 3.74. The van der Waals surface area contributed by atoms with E-state index in [1.807, 2.05) is 31.2 Å². The predicted octanol–water partition coefficient (Wildman–Crippen LogP) is 5.10. The molecule has 0 saturated carbocycles. The molecular formula is C20H16ClNO2. The van der Waals surface area contributed by atoms with Gasteiger partial charge in [-0.25, -0.2) is 4.98 Å². The van der Waals surface area contributed by atoms with Crippen molar-refractivity contribution in [3.63, 3.8) is 0 Å². The van der Waals surface area contributed by atoms with Crippen LogP contribution in [0.15, 0.2) is 54.6 Å². The van der Waals surface area contributed by atoms with Gasteiger partial charge in [-0.15, -0.1) is 0 Å². The molecule has 4 heteroatoms. The zero-order chi connectivity index (χ0) is 17.1. The minimum atomic E-state index is -0.0990. The molecule has 0 fully saturated rings. The van der Waals surface area contributed by atoms with Gasteiger partial charge in [-0.2, -0.15) is 0 Å². The van der Waals surface area contributed by atoms with Gasteiger partial charge in [-0.05, 0) is 61.5 Å². The van der Waals surface area contributed by atoms with Crippen molar-refractivity contribution < 1.29 is 9.53 Å². The number of aryl methyl sites for hydroxylation is 1. The van der Waals surface area contributed by atoms with Gasteiger partial charge in [0.15, 0.2) is 5.78 Å². The highest BCUT2D eigenvalue weighted by Gasteiger charge is 2.05. The van der Waals surface area contributed by atoms with Crippen LogP contribution in [-0.2, 0) is 0 Å². The van der Waals surface area contributed by atoms with E-state index in [1.54, 1.807) is 37.5 Å². The van der Waals surface area contributed by atoms with Crippen molar-refractivity contribution in [1.29, 1.82) is 0 Å². The summed E-state index contributed by atoms with van der Waals surface area (Å²) in [7, 11) is 1.59. The molecule has 0 unspecified atom stereocenters. The van der Waals surface area contributed by atoms with Crippen molar-refractivity contribution in [3.05, 3.63) is 76.5 Å². The molecule has 3 nitrogen and oxygen atoms in total. The molecule has 2 aromatic carbocycles. The number of hydrogen-bond acceptors (Lipinski definition) is 3. The molecule has 0 spiro atoms. The Labute approximate surface area is 145 Å². The molecule has 120 valence electrons. The first kappa shape index (κ1) is 16.2. The first-order chi connectivity index (χ1) is 11.6. The van der Waals surface area contributed by atoms with Crippen LogP contribution in [0, 0.1) is 6.92 Å². The van der Waals surface area contributed by atoms with E-state index in [4.69, 9.17) is 16.3 Å². The molecule has 0 aliphatic heterocycles. The molecule has 3 rings (SSSR count). The van der Waals surface area contributed by atoms with Crippen LogP contribution in [0.2, 0.25) is 5.15 Å². The molecule has 0 radical (unpaired) electrons. The van der Waals surface area contributed by atoms with Crippen LogP contribution < -0.4 is 4.74 Å². The number of ketones is 1. The summed E-state index contributed by atoms with van der Waals surface area (Å²) in [6.07, 6.45) is 3.20. The summed E-state index contributed by atoms with van der Waals surface area (Å²) in [6, 6.07) is 14.9. The predicted molar refractivity (Wildman–Crippen MR) is 97.8 cm³/mol. The molecule has 0 saturated heterocycles. The maximum atomic E-state index is 12.3. The molecule has 0 aliphatic carbocycles. The molecule has 1 heterocycles. The van der Waals surface area contributed by atoms with Crippen molar-refractivity contribution in [1.82, 2.24) is 4.98 Å². The second-order valence-corrected chi connectivity index (χ2v) is 5.85. The Morgan fingerprint density at radius 1 is 1.12 bits per heavy atom. The van der Waals surface area contributed by atoms with Crippen molar-refractivity contribution in [3.8, 4) is 5.75 Å². The summed E-state index contributed by atoms with van der Waals surface area (Å²) in [4.78, 5) is 16.6. The largest absolute Gasteiger partial charge is 0.497 e. The zero-order valence-corrected chi connectivity index (χ0v) is 14.2. The second-order valence-electron chi connectivity index (χ2n) is 5.49. The summed E-state index contributed by atoms with van der Waals surface area (Å²) in [5, 5.41) is 1.38. The fourth-order valence-corrected chi connectivity index (χ4v) is 2.63. The van der Waals surface area contributed by atoms with Gasteiger partial charge in [0.2, 0.25) is 0 Å². The Morgan fingerprint density at radius 3 is 2.58 bits per heavy atom. The van der Waals surface area contributed by atoms with E-state index in [-0.39, 0.29) is 5.78 Å². The van der Waals surface area contributed by atoms with E-state index < -0.39 is 0 Å². The number of nitrogens with zero attached hydrogens (tertiary/aromatic N) is 1. The Bertz CT molecular complexity index is 930. The number of methoxy groups -OCH3 is 1. The number of ether oxygens (including phenoxy) is 1. The highest BCUT2D eigenvalue weighted by Crippen LogP contribution is 2.23. The number of fused-ring (bicyclic) bond motifs is 1. The molecule has 1 aromatic heterocycles. The molecule has 24 heavy (non-hydrogen) atoms. The second kappa shape index (κ2) is 6.85. The number of carbonyl (C=O) groups excluding carboxylic acids is 1. The van der Waals surface area contributed by atoms with Gasteiger partial charge in [0.25, 0.3) is 0 Å². The minimum Gasteiger partial charge on any atom is -0.497 e. The van der Waals surface area contributed by atoms with Gasteiger partial charge in [0, 0.05) is 16.5 Å². The third-order valence-corrected chi connectivity index (χ3v) is 4.04. The van der Waals surface area contributed by atoms with Crippen molar-refractivity contribution >= 4 is 34.4 Å². The van der Waals surface area contributed by atoms with Gasteiger partial charge < -0.3 is 4.74 Å². The number of hydrogen-bond donors (Lipinski definition) is 0. The smallest absolute Gasteiger partial charge is 0.185 e. The Balaban J connectivity index is 1.88.